The summed E-state index contributed by atoms with van der Waals surface area (Å²) in [6.45, 7) is 8.91. The number of likely N-dealkylation sites (tertiary alicyclic amines) is 1. The van der Waals surface area contributed by atoms with E-state index in [-0.39, 0.29) is 23.7 Å². The number of rotatable bonds is 10. The van der Waals surface area contributed by atoms with Gasteiger partial charge in [-0.1, -0.05) is 30.3 Å². The molecular weight excluding hydrogens is 541 g/mol. The number of halogens is 3. The number of amides is 1. The molecule has 1 aliphatic heterocycles. The molecule has 1 unspecified atom stereocenters. The lowest BCUT2D eigenvalue weighted by Crippen LogP contribution is -2.48. The van der Waals surface area contributed by atoms with E-state index < -0.39 is 6.36 Å². The zero-order valence-corrected chi connectivity index (χ0v) is 24.2. The molecule has 0 aromatic heterocycles. The Hall–Kier alpha value is -4.03. The zero-order valence-electron chi connectivity index (χ0n) is 24.2. The number of hydrogen-bond donors (Lipinski definition) is 1. The van der Waals surface area contributed by atoms with Crippen LogP contribution in [0, 0.1) is 25.2 Å². The van der Waals surface area contributed by atoms with Crippen LogP contribution >= 0.6 is 0 Å². The molecule has 1 heterocycles. The molecule has 0 aliphatic carbocycles. The third-order valence-electron chi connectivity index (χ3n) is 7.93. The first kappa shape index (κ1) is 30.9. The van der Waals surface area contributed by atoms with E-state index in [9.17, 15) is 23.2 Å². The summed E-state index contributed by atoms with van der Waals surface area (Å²) in [5.74, 6) is -0.301. The number of carbonyl (C=O) groups excluding carboxylic acids is 1. The van der Waals surface area contributed by atoms with Crippen LogP contribution in [-0.4, -0.2) is 48.9 Å². The minimum atomic E-state index is -4.75. The Bertz CT molecular complexity index is 1370. The van der Waals surface area contributed by atoms with Gasteiger partial charge in [-0.3, -0.25) is 4.79 Å². The molecule has 222 valence electrons. The van der Waals surface area contributed by atoms with Crippen molar-refractivity contribution in [2.24, 2.45) is 0 Å². The van der Waals surface area contributed by atoms with Crippen LogP contribution in [0.5, 0.6) is 5.75 Å². The van der Waals surface area contributed by atoms with Crippen LogP contribution in [0.3, 0.4) is 0 Å². The summed E-state index contributed by atoms with van der Waals surface area (Å²) in [6, 6.07) is 21.9. The van der Waals surface area contributed by atoms with Crippen molar-refractivity contribution in [2.45, 2.75) is 65.0 Å². The molecule has 1 amide bonds. The highest BCUT2D eigenvalue weighted by Gasteiger charge is 2.31. The molecule has 1 N–H and O–H groups in total. The summed E-state index contributed by atoms with van der Waals surface area (Å²) in [5.41, 5.74) is 5.00. The summed E-state index contributed by atoms with van der Waals surface area (Å²) in [4.78, 5) is 17.4. The van der Waals surface area contributed by atoms with Gasteiger partial charge in [-0.25, -0.2) is 0 Å². The van der Waals surface area contributed by atoms with Crippen LogP contribution in [0.2, 0.25) is 0 Å². The van der Waals surface area contributed by atoms with Crippen molar-refractivity contribution >= 4 is 11.6 Å². The van der Waals surface area contributed by atoms with Crippen LogP contribution in [0.1, 0.15) is 58.8 Å². The van der Waals surface area contributed by atoms with Crippen molar-refractivity contribution < 1.29 is 22.7 Å². The van der Waals surface area contributed by atoms with Crippen molar-refractivity contribution in [2.75, 3.05) is 24.5 Å². The Kier molecular flexibility index (Phi) is 10.1. The highest BCUT2D eigenvalue weighted by molar-refractivity contribution is 5.97. The number of piperidine rings is 1. The van der Waals surface area contributed by atoms with Gasteiger partial charge in [-0.2, -0.15) is 5.26 Å². The molecule has 1 atom stereocenters. The summed E-state index contributed by atoms with van der Waals surface area (Å²) < 4.78 is 42.2. The minimum Gasteiger partial charge on any atom is -0.406 e. The van der Waals surface area contributed by atoms with Crippen molar-refractivity contribution in [3.05, 3.63) is 94.5 Å². The van der Waals surface area contributed by atoms with Gasteiger partial charge in [0.2, 0.25) is 0 Å². The molecule has 9 heteroatoms. The highest BCUT2D eigenvalue weighted by atomic mass is 19.4. The van der Waals surface area contributed by atoms with E-state index in [4.69, 9.17) is 0 Å². The van der Waals surface area contributed by atoms with Gasteiger partial charge in [-0.15, -0.1) is 13.2 Å². The number of nitrogens with one attached hydrogen (secondary N) is 1. The van der Waals surface area contributed by atoms with Crippen LogP contribution in [0.25, 0.3) is 0 Å². The van der Waals surface area contributed by atoms with Crippen molar-refractivity contribution in [1.82, 2.24) is 10.2 Å². The van der Waals surface area contributed by atoms with Crippen molar-refractivity contribution in [3.8, 4) is 11.8 Å². The van der Waals surface area contributed by atoms with E-state index in [1.165, 1.54) is 12.1 Å². The second kappa shape index (κ2) is 13.8. The fourth-order valence-corrected chi connectivity index (χ4v) is 5.68. The standard InChI is InChI=1S/C33H37F3N4O2/c1-23-6-4-7-24(2)31(23)32(41)38-17-14-25(3)39-18-15-29(16-19-39)40(22-27-9-5-8-26(20-27)21-37)28-10-12-30(13-11-28)42-33(34,35)36/h4-13,20,25,29H,14-19,22H2,1-3H3,(H,38,41). The van der Waals surface area contributed by atoms with Crippen molar-refractivity contribution in [1.29, 1.82) is 5.26 Å². The molecule has 3 aromatic carbocycles. The van der Waals surface area contributed by atoms with Crippen LogP contribution < -0.4 is 15.0 Å². The molecular formula is C33H37F3N4O2. The summed E-state index contributed by atoms with van der Waals surface area (Å²) in [7, 11) is 0. The number of carbonyl (C=O) groups is 1. The average Bonchev–Trinajstić information content (AvgIpc) is 2.96. The number of anilines is 1. The van der Waals surface area contributed by atoms with Gasteiger partial charge in [0.15, 0.2) is 0 Å². The smallest absolute Gasteiger partial charge is 0.406 e. The van der Waals surface area contributed by atoms with Crippen LogP contribution in [0.15, 0.2) is 66.7 Å². The molecule has 0 bridgehead atoms. The fraction of sp³-hybridized carbons (Fsp3) is 0.394. The first-order valence-electron chi connectivity index (χ1n) is 14.2. The first-order chi connectivity index (χ1) is 20.0. The van der Waals surface area contributed by atoms with Crippen molar-refractivity contribution in [3.63, 3.8) is 0 Å². The number of aryl methyl sites for hydroxylation is 2. The molecule has 0 saturated carbocycles. The van der Waals surface area contributed by atoms with Gasteiger partial charge in [0.05, 0.1) is 11.6 Å². The first-order valence-corrected chi connectivity index (χ1v) is 14.2. The summed E-state index contributed by atoms with van der Waals surface area (Å²) in [5, 5.41) is 12.4. The monoisotopic (exact) mass is 578 g/mol. The van der Waals surface area contributed by atoms with Gasteiger partial charge in [0.25, 0.3) is 5.91 Å². The highest BCUT2D eigenvalue weighted by Crippen LogP contribution is 2.30. The fourth-order valence-electron chi connectivity index (χ4n) is 5.68. The Labute approximate surface area is 245 Å². The summed E-state index contributed by atoms with van der Waals surface area (Å²) in [6.07, 6.45) is -2.17. The maximum Gasteiger partial charge on any atom is 0.573 e. The second-order valence-corrected chi connectivity index (χ2v) is 10.9. The average molecular weight is 579 g/mol. The lowest BCUT2D eigenvalue weighted by molar-refractivity contribution is -0.274. The van der Waals surface area contributed by atoms with Gasteiger partial charge in [0.1, 0.15) is 5.75 Å². The van der Waals surface area contributed by atoms with E-state index >= 15 is 0 Å². The van der Waals surface area contributed by atoms with E-state index in [2.05, 4.69) is 32.8 Å². The number of nitrogens with zero attached hydrogens (tertiary/aromatic N) is 3. The number of ether oxygens (including phenoxy) is 1. The Morgan fingerprint density at radius 1 is 1.07 bits per heavy atom. The molecule has 0 radical (unpaired) electrons. The lowest BCUT2D eigenvalue weighted by atomic mass is 9.99. The molecule has 0 spiro atoms. The number of benzene rings is 3. The molecule has 1 fully saturated rings. The Balaban J connectivity index is 1.38. The third kappa shape index (κ3) is 8.26. The molecule has 4 rings (SSSR count). The number of alkyl halides is 3. The topological polar surface area (TPSA) is 68.6 Å². The Morgan fingerprint density at radius 2 is 1.71 bits per heavy atom. The van der Waals surface area contributed by atoms with E-state index in [0.29, 0.717) is 18.7 Å². The SMILES string of the molecule is Cc1cccc(C)c1C(=O)NCCC(C)N1CCC(N(Cc2cccc(C#N)c2)c2ccc(OC(F)(F)F)cc2)CC1. The third-order valence-corrected chi connectivity index (χ3v) is 7.93. The van der Waals surface area contributed by atoms with Gasteiger partial charge in [0, 0.05) is 49.5 Å². The maximum absolute atomic E-state index is 12.8. The maximum atomic E-state index is 12.8. The van der Waals surface area contributed by atoms with E-state index in [1.807, 2.05) is 50.2 Å². The lowest BCUT2D eigenvalue weighted by Gasteiger charge is -2.42. The molecule has 1 aliphatic rings. The quantitative estimate of drug-likeness (QED) is 0.288. The largest absolute Gasteiger partial charge is 0.573 e. The van der Waals surface area contributed by atoms with Gasteiger partial charge < -0.3 is 19.9 Å². The zero-order chi connectivity index (χ0) is 30.3. The second-order valence-electron chi connectivity index (χ2n) is 10.9. The normalized spacial score (nSPS) is 15.1. The predicted molar refractivity (Wildman–Crippen MR) is 157 cm³/mol. The number of hydrogen-bond acceptors (Lipinski definition) is 5. The van der Waals surface area contributed by atoms with Gasteiger partial charge >= 0.3 is 6.36 Å². The predicted octanol–water partition coefficient (Wildman–Crippen LogP) is 6.75. The summed E-state index contributed by atoms with van der Waals surface area (Å²) >= 11 is 0. The molecule has 1 saturated heterocycles. The van der Waals surface area contributed by atoms with Crippen LogP contribution in [0.4, 0.5) is 18.9 Å². The minimum absolute atomic E-state index is 0.0423. The Morgan fingerprint density at radius 3 is 2.33 bits per heavy atom. The van der Waals surface area contributed by atoms with E-state index in [1.54, 1.807) is 18.2 Å². The molecule has 42 heavy (non-hydrogen) atoms. The number of nitriles is 1. The van der Waals surface area contributed by atoms with Gasteiger partial charge in [-0.05, 0) is 93.1 Å². The molecule has 6 nitrogen and oxygen atoms in total. The molecule has 3 aromatic rings. The van der Waals surface area contributed by atoms with E-state index in [0.717, 1.165) is 60.3 Å². The van der Waals surface area contributed by atoms with Crippen LogP contribution in [-0.2, 0) is 6.54 Å².